The summed E-state index contributed by atoms with van der Waals surface area (Å²) in [6.07, 6.45) is 1.10. The van der Waals surface area contributed by atoms with Crippen LogP contribution in [-0.4, -0.2) is 6.54 Å². The first-order chi connectivity index (χ1) is 6.24. The highest BCUT2D eigenvalue weighted by Crippen LogP contribution is 2.12. The van der Waals surface area contributed by atoms with Gasteiger partial charge < -0.3 is 5.32 Å². The van der Waals surface area contributed by atoms with Crippen LogP contribution in [0, 0.1) is 5.82 Å². The summed E-state index contributed by atoms with van der Waals surface area (Å²) in [5, 5.41) is 3.31. The summed E-state index contributed by atoms with van der Waals surface area (Å²) in [7, 11) is 0. The average molecular weight is 181 g/mol. The largest absolute Gasteiger partial charge is 0.310 e. The van der Waals surface area contributed by atoms with Crippen LogP contribution >= 0.6 is 0 Å². The molecule has 2 heteroatoms. The third kappa shape index (κ3) is 3.15. The SMILES string of the molecule is CCCNC(C)c1cccc(F)c1. The molecular weight excluding hydrogens is 165 g/mol. The van der Waals surface area contributed by atoms with Crippen molar-refractivity contribution in [1.82, 2.24) is 5.32 Å². The summed E-state index contributed by atoms with van der Waals surface area (Å²) in [5.41, 5.74) is 1.01. The first-order valence-electron chi connectivity index (χ1n) is 4.73. The second kappa shape index (κ2) is 4.97. The monoisotopic (exact) mass is 181 g/mol. The Bertz CT molecular complexity index is 260. The van der Waals surface area contributed by atoms with Gasteiger partial charge in [-0.2, -0.15) is 0 Å². The number of rotatable bonds is 4. The van der Waals surface area contributed by atoms with Crippen molar-refractivity contribution in [1.29, 1.82) is 0 Å². The molecule has 0 fully saturated rings. The molecule has 0 aliphatic carbocycles. The van der Waals surface area contributed by atoms with Gasteiger partial charge in [0, 0.05) is 6.04 Å². The zero-order chi connectivity index (χ0) is 9.68. The van der Waals surface area contributed by atoms with Crippen molar-refractivity contribution in [3.63, 3.8) is 0 Å². The van der Waals surface area contributed by atoms with E-state index < -0.39 is 0 Å². The lowest BCUT2D eigenvalue weighted by molar-refractivity contribution is 0.562. The fourth-order valence-electron chi connectivity index (χ4n) is 1.25. The molecule has 0 saturated carbocycles. The smallest absolute Gasteiger partial charge is 0.123 e. The molecule has 0 saturated heterocycles. The fraction of sp³-hybridized carbons (Fsp3) is 0.455. The van der Waals surface area contributed by atoms with Gasteiger partial charge >= 0.3 is 0 Å². The Hall–Kier alpha value is -0.890. The Kier molecular flexibility index (Phi) is 3.90. The normalized spacial score (nSPS) is 12.8. The first kappa shape index (κ1) is 10.2. The quantitative estimate of drug-likeness (QED) is 0.753. The topological polar surface area (TPSA) is 12.0 Å². The van der Waals surface area contributed by atoms with Gasteiger partial charge in [0.1, 0.15) is 5.82 Å². The Morgan fingerprint density at radius 1 is 1.46 bits per heavy atom. The van der Waals surface area contributed by atoms with E-state index in [2.05, 4.69) is 12.2 Å². The van der Waals surface area contributed by atoms with Gasteiger partial charge in [-0.3, -0.25) is 0 Å². The van der Waals surface area contributed by atoms with Crippen LogP contribution in [0.5, 0.6) is 0 Å². The molecule has 1 aromatic rings. The summed E-state index contributed by atoms with van der Waals surface area (Å²) in [5.74, 6) is -0.164. The predicted octanol–water partition coefficient (Wildman–Crippen LogP) is 2.89. The molecule has 0 heterocycles. The number of halogens is 1. The molecule has 0 aliphatic rings. The molecular formula is C11H16FN. The molecule has 13 heavy (non-hydrogen) atoms. The van der Waals surface area contributed by atoms with E-state index in [0.29, 0.717) is 0 Å². The fourth-order valence-corrected chi connectivity index (χ4v) is 1.25. The molecule has 0 spiro atoms. The van der Waals surface area contributed by atoms with Gasteiger partial charge in [0.15, 0.2) is 0 Å². The van der Waals surface area contributed by atoms with E-state index in [9.17, 15) is 4.39 Å². The lowest BCUT2D eigenvalue weighted by atomic mass is 10.1. The third-order valence-corrected chi connectivity index (χ3v) is 2.05. The molecule has 1 rings (SSSR count). The van der Waals surface area contributed by atoms with Crippen molar-refractivity contribution in [3.8, 4) is 0 Å². The second-order valence-corrected chi connectivity index (χ2v) is 3.23. The van der Waals surface area contributed by atoms with Gasteiger partial charge in [-0.05, 0) is 37.6 Å². The average Bonchev–Trinajstić information content (AvgIpc) is 2.14. The maximum absolute atomic E-state index is 12.8. The molecule has 0 aromatic heterocycles. The summed E-state index contributed by atoms with van der Waals surface area (Å²) in [4.78, 5) is 0. The molecule has 1 N–H and O–H groups in total. The summed E-state index contributed by atoms with van der Waals surface area (Å²) in [6, 6.07) is 6.96. The molecule has 72 valence electrons. The van der Waals surface area contributed by atoms with Gasteiger partial charge in [-0.25, -0.2) is 4.39 Å². The number of hydrogen-bond donors (Lipinski definition) is 1. The minimum atomic E-state index is -0.164. The van der Waals surface area contributed by atoms with E-state index in [1.165, 1.54) is 6.07 Å². The third-order valence-electron chi connectivity index (χ3n) is 2.05. The Labute approximate surface area is 79.0 Å². The molecule has 1 unspecified atom stereocenters. The minimum absolute atomic E-state index is 0.164. The van der Waals surface area contributed by atoms with Crippen LogP contribution in [0.25, 0.3) is 0 Å². The summed E-state index contributed by atoms with van der Waals surface area (Å²) in [6.45, 7) is 5.13. The molecule has 1 nitrogen and oxygen atoms in total. The number of hydrogen-bond acceptors (Lipinski definition) is 1. The van der Waals surface area contributed by atoms with E-state index in [4.69, 9.17) is 0 Å². The van der Waals surface area contributed by atoms with Gasteiger partial charge in [0.25, 0.3) is 0 Å². The van der Waals surface area contributed by atoms with Crippen molar-refractivity contribution in [2.45, 2.75) is 26.3 Å². The van der Waals surface area contributed by atoms with Crippen LogP contribution in [0.2, 0.25) is 0 Å². The first-order valence-corrected chi connectivity index (χ1v) is 4.73. The highest BCUT2D eigenvalue weighted by Gasteiger charge is 2.03. The van der Waals surface area contributed by atoms with Gasteiger partial charge in [0.05, 0.1) is 0 Å². The van der Waals surface area contributed by atoms with Crippen LogP contribution in [0.4, 0.5) is 4.39 Å². The van der Waals surface area contributed by atoms with E-state index in [1.807, 2.05) is 13.0 Å². The maximum Gasteiger partial charge on any atom is 0.123 e. The summed E-state index contributed by atoms with van der Waals surface area (Å²) < 4.78 is 12.8. The van der Waals surface area contributed by atoms with Crippen molar-refractivity contribution < 1.29 is 4.39 Å². The van der Waals surface area contributed by atoms with Gasteiger partial charge in [-0.1, -0.05) is 19.1 Å². The van der Waals surface area contributed by atoms with Crippen molar-refractivity contribution in [2.75, 3.05) is 6.54 Å². The molecule has 0 aliphatic heterocycles. The van der Waals surface area contributed by atoms with E-state index >= 15 is 0 Å². The zero-order valence-electron chi connectivity index (χ0n) is 8.18. The highest BCUT2D eigenvalue weighted by atomic mass is 19.1. The standard InChI is InChI=1S/C11H16FN/c1-3-7-13-9(2)10-5-4-6-11(12)8-10/h4-6,8-9,13H,3,7H2,1-2H3. The minimum Gasteiger partial charge on any atom is -0.310 e. The van der Waals surface area contributed by atoms with Crippen molar-refractivity contribution >= 4 is 0 Å². The Morgan fingerprint density at radius 2 is 2.23 bits per heavy atom. The summed E-state index contributed by atoms with van der Waals surface area (Å²) >= 11 is 0. The molecule has 0 radical (unpaired) electrons. The second-order valence-electron chi connectivity index (χ2n) is 3.23. The van der Waals surface area contributed by atoms with Crippen LogP contribution in [0.1, 0.15) is 31.9 Å². The van der Waals surface area contributed by atoms with Crippen molar-refractivity contribution in [2.24, 2.45) is 0 Å². The lowest BCUT2D eigenvalue weighted by Gasteiger charge is -2.13. The van der Waals surface area contributed by atoms with E-state index in [1.54, 1.807) is 12.1 Å². The molecule has 1 atom stereocenters. The van der Waals surface area contributed by atoms with Crippen LogP contribution in [0.3, 0.4) is 0 Å². The maximum atomic E-state index is 12.8. The van der Waals surface area contributed by atoms with Gasteiger partial charge in [0.2, 0.25) is 0 Å². The van der Waals surface area contributed by atoms with Crippen LogP contribution in [0.15, 0.2) is 24.3 Å². The molecule has 0 bridgehead atoms. The highest BCUT2D eigenvalue weighted by molar-refractivity contribution is 5.19. The Balaban J connectivity index is 2.60. The molecule has 1 aromatic carbocycles. The Morgan fingerprint density at radius 3 is 2.85 bits per heavy atom. The molecule has 0 amide bonds. The van der Waals surface area contributed by atoms with Crippen molar-refractivity contribution in [3.05, 3.63) is 35.6 Å². The van der Waals surface area contributed by atoms with Gasteiger partial charge in [-0.15, -0.1) is 0 Å². The van der Waals surface area contributed by atoms with E-state index in [0.717, 1.165) is 18.5 Å². The number of benzene rings is 1. The van der Waals surface area contributed by atoms with Crippen LogP contribution in [-0.2, 0) is 0 Å². The lowest BCUT2D eigenvalue weighted by Crippen LogP contribution is -2.19. The van der Waals surface area contributed by atoms with E-state index in [-0.39, 0.29) is 11.9 Å². The predicted molar refractivity (Wildman–Crippen MR) is 53.1 cm³/mol. The zero-order valence-corrected chi connectivity index (χ0v) is 8.18. The number of nitrogens with one attached hydrogen (secondary N) is 1. The van der Waals surface area contributed by atoms with Crippen LogP contribution < -0.4 is 5.32 Å².